The van der Waals surface area contributed by atoms with Crippen LogP contribution in [0, 0.1) is 0 Å². The van der Waals surface area contributed by atoms with Crippen LogP contribution in [0.4, 0.5) is 5.69 Å². The Morgan fingerprint density at radius 3 is 2.39 bits per heavy atom. The minimum Gasteiger partial charge on any atom is -0.455 e. The maximum Gasteiger partial charge on any atom is 0.346 e. The molecular formula is C21H27N4O5P. The molecule has 2 fully saturated rings. The smallest absolute Gasteiger partial charge is 0.346 e. The van der Waals surface area contributed by atoms with E-state index in [0.29, 0.717) is 22.7 Å². The Labute approximate surface area is 181 Å². The monoisotopic (exact) mass is 446 g/mol. The lowest BCUT2D eigenvalue weighted by Gasteiger charge is -2.24. The molecule has 0 spiro atoms. The van der Waals surface area contributed by atoms with Gasteiger partial charge in [-0.3, -0.25) is 24.6 Å². The van der Waals surface area contributed by atoms with Gasteiger partial charge in [0.15, 0.2) is 5.75 Å². The predicted molar refractivity (Wildman–Crippen MR) is 117 cm³/mol. The molecule has 1 amide bonds. The summed E-state index contributed by atoms with van der Waals surface area (Å²) >= 11 is 0. The van der Waals surface area contributed by atoms with Crippen LogP contribution >= 0.6 is 7.67 Å². The zero-order valence-corrected chi connectivity index (χ0v) is 18.7. The van der Waals surface area contributed by atoms with Crippen molar-refractivity contribution in [1.29, 1.82) is 0 Å². The number of hydrogen-bond donors (Lipinski definition) is 2. The maximum absolute atomic E-state index is 13.3. The first-order valence-electron chi connectivity index (χ1n) is 10.1. The maximum atomic E-state index is 13.3. The molecule has 4 rings (SSSR count). The van der Waals surface area contributed by atoms with Gasteiger partial charge >= 0.3 is 7.67 Å². The minimum atomic E-state index is -2.97. The van der Waals surface area contributed by atoms with Crippen molar-refractivity contribution in [1.82, 2.24) is 14.2 Å². The average molecular weight is 446 g/mol. The summed E-state index contributed by atoms with van der Waals surface area (Å²) in [4.78, 5) is 13.7. The summed E-state index contributed by atoms with van der Waals surface area (Å²) in [6.45, 7) is 4.98. The van der Waals surface area contributed by atoms with Gasteiger partial charge in [-0.2, -0.15) is 0 Å². The Bertz CT molecular complexity index is 1010. The standard InChI is InChI=1S/C21H27N4O5P/c1-15(30-31(28,24-9-10-24)25-11-12-25)16-7-8-19(22-27)20(14-16)29-18-6-4-5-17(13-18)21(26)23(2)3/h4-8,13-15,22,27H,9-12H2,1-3H3. The normalized spacial score (nSPS) is 17.2. The summed E-state index contributed by atoms with van der Waals surface area (Å²) in [7, 11) is 0.397. The average Bonchev–Trinajstić information content (AvgIpc) is 3.65. The molecule has 2 N–H and O–H groups in total. The number of carbonyl (C=O) groups excluding carboxylic acids is 1. The Morgan fingerprint density at radius 2 is 1.81 bits per heavy atom. The number of nitrogens with zero attached hydrogens (tertiary/aromatic N) is 3. The van der Waals surface area contributed by atoms with Gasteiger partial charge in [0.05, 0.1) is 6.10 Å². The Kier molecular flexibility index (Phi) is 6.05. The van der Waals surface area contributed by atoms with E-state index in [-0.39, 0.29) is 5.91 Å². The van der Waals surface area contributed by atoms with Crippen molar-refractivity contribution in [3.8, 4) is 11.5 Å². The van der Waals surface area contributed by atoms with E-state index in [0.717, 1.165) is 31.7 Å². The fraction of sp³-hybridized carbons (Fsp3) is 0.381. The first-order valence-corrected chi connectivity index (χ1v) is 11.7. The SMILES string of the molecule is CC(OP(=O)(N1CC1)N1CC1)c1ccc(NO)c(Oc2cccc(C(=O)N(C)C)c2)c1. The minimum absolute atomic E-state index is 0.136. The number of ether oxygens (including phenoxy) is 1. The molecule has 166 valence electrons. The quantitative estimate of drug-likeness (QED) is 0.341. The molecule has 1 unspecified atom stereocenters. The zero-order valence-electron chi connectivity index (χ0n) is 17.8. The van der Waals surface area contributed by atoms with Gasteiger partial charge in [-0.1, -0.05) is 12.1 Å². The summed E-state index contributed by atoms with van der Waals surface area (Å²) in [5.74, 6) is 0.676. The molecule has 2 aliphatic rings. The fourth-order valence-corrected chi connectivity index (χ4v) is 5.57. The summed E-state index contributed by atoms with van der Waals surface area (Å²) in [6.07, 6.45) is -0.441. The van der Waals surface area contributed by atoms with Gasteiger partial charge in [-0.05, 0) is 42.8 Å². The van der Waals surface area contributed by atoms with Gasteiger partial charge in [0.1, 0.15) is 11.4 Å². The van der Waals surface area contributed by atoms with Crippen LogP contribution in [-0.2, 0) is 9.09 Å². The molecular weight excluding hydrogens is 419 g/mol. The lowest BCUT2D eigenvalue weighted by atomic mass is 10.1. The molecule has 0 bridgehead atoms. The van der Waals surface area contributed by atoms with Crippen molar-refractivity contribution >= 4 is 19.3 Å². The van der Waals surface area contributed by atoms with Crippen LogP contribution in [0.2, 0.25) is 0 Å². The van der Waals surface area contributed by atoms with Gasteiger partial charge in [0.2, 0.25) is 0 Å². The number of anilines is 1. The van der Waals surface area contributed by atoms with Gasteiger partial charge in [-0.25, -0.2) is 9.34 Å². The largest absolute Gasteiger partial charge is 0.455 e. The molecule has 2 saturated heterocycles. The Morgan fingerprint density at radius 1 is 1.13 bits per heavy atom. The summed E-state index contributed by atoms with van der Waals surface area (Å²) in [5.41, 5.74) is 3.75. The van der Waals surface area contributed by atoms with E-state index in [9.17, 15) is 14.6 Å². The molecule has 2 aromatic rings. The molecule has 0 radical (unpaired) electrons. The topological polar surface area (TPSA) is 94.1 Å². The number of carbonyl (C=O) groups is 1. The van der Waals surface area contributed by atoms with Crippen molar-refractivity contribution in [2.45, 2.75) is 13.0 Å². The fourth-order valence-electron chi connectivity index (χ4n) is 3.22. The summed E-state index contributed by atoms with van der Waals surface area (Å²) in [5, 5.41) is 9.51. The van der Waals surface area contributed by atoms with Crippen molar-refractivity contribution in [2.24, 2.45) is 0 Å². The summed E-state index contributed by atoms with van der Waals surface area (Å²) in [6, 6.07) is 12.0. The first-order chi connectivity index (χ1) is 14.8. The predicted octanol–water partition coefficient (Wildman–Crippen LogP) is 3.80. The highest BCUT2D eigenvalue weighted by molar-refractivity contribution is 7.54. The Balaban J connectivity index is 1.56. The number of benzene rings is 2. The number of amides is 1. The first kappa shape index (κ1) is 21.8. The number of hydrogen-bond acceptors (Lipinski definition) is 6. The van der Waals surface area contributed by atoms with E-state index in [1.807, 2.05) is 16.3 Å². The molecule has 0 saturated carbocycles. The molecule has 31 heavy (non-hydrogen) atoms. The molecule has 2 aliphatic heterocycles. The van der Waals surface area contributed by atoms with Crippen molar-refractivity contribution in [2.75, 3.05) is 45.8 Å². The lowest BCUT2D eigenvalue weighted by molar-refractivity contribution is 0.0827. The lowest BCUT2D eigenvalue weighted by Crippen LogP contribution is -2.21. The van der Waals surface area contributed by atoms with Gasteiger partial charge in [0.25, 0.3) is 5.91 Å². The molecule has 9 nitrogen and oxygen atoms in total. The molecule has 0 aromatic heterocycles. The van der Waals surface area contributed by atoms with Crippen molar-refractivity contribution in [3.63, 3.8) is 0 Å². The van der Waals surface area contributed by atoms with E-state index in [2.05, 4.69) is 5.48 Å². The van der Waals surface area contributed by atoms with Crippen molar-refractivity contribution in [3.05, 3.63) is 53.6 Å². The number of rotatable bonds is 9. The number of nitrogens with one attached hydrogen (secondary N) is 1. The second kappa shape index (κ2) is 8.61. The highest BCUT2D eigenvalue weighted by Crippen LogP contribution is 2.63. The van der Waals surface area contributed by atoms with Crippen LogP contribution in [0.3, 0.4) is 0 Å². The van der Waals surface area contributed by atoms with Crippen LogP contribution in [0.5, 0.6) is 11.5 Å². The van der Waals surface area contributed by atoms with E-state index >= 15 is 0 Å². The third-order valence-corrected chi connectivity index (χ3v) is 7.99. The molecule has 10 heteroatoms. The van der Waals surface area contributed by atoms with Crippen LogP contribution in [-0.4, -0.2) is 65.6 Å². The van der Waals surface area contributed by atoms with Gasteiger partial charge < -0.3 is 9.64 Å². The van der Waals surface area contributed by atoms with Crippen molar-refractivity contribution < 1.29 is 23.8 Å². The third-order valence-electron chi connectivity index (χ3n) is 5.17. The van der Waals surface area contributed by atoms with E-state index < -0.39 is 13.8 Å². The zero-order chi connectivity index (χ0) is 22.2. The molecule has 2 aromatic carbocycles. The molecule has 1 atom stereocenters. The second-order valence-electron chi connectivity index (χ2n) is 7.84. The summed E-state index contributed by atoms with van der Waals surface area (Å²) < 4.78 is 29.0. The highest BCUT2D eigenvalue weighted by Gasteiger charge is 2.50. The third kappa shape index (κ3) is 4.76. The van der Waals surface area contributed by atoms with Gasteiger partial charge in [-0.15, -0.1) is 0 Å². The molecule has 0 aliphatic carbocycles. The van der Waals surface area contributed by atoms with E-state index in [4.69, 9.17) is 9.26 Å². The van der Waals surface area contributed by atoms with E-state index in [1.54, 1.807) is 56.6 Å². The second-order valence-corrected chi connectivity index (χ2v) is 10.2. The molecule has 2 heterocycles. The highest BCUT2D eigenvalue weighted by atomic mass is 31.2. The van der Waals surface area contributed by atoms with E-state index in [1.165, 1.54) is 4.90 Å². The van der Waals surface area contributed by atoms with Gasteiger partial charge in [0, 0.05) is 45.8 Å². The van der Waals surface area contributed by atoms with Crippen LogP contribution in [0.15, 0.2) is 42.5 Å². The van der Waals surface area contributed by atoms with Crippen LogP contribution in [0.25, 0.3) is 0 Å². The van der Waals surface area contributed by atoms with Crippen LogP contribution < -0.4 is 10.2 Å². The Hall–Kier alpha value is -2.42. The van der Waals surface area contributed by atoms with Crippen LogP contribution in [0.1, 0.15) is 28.9 Å².